The minimum atomic E-state index is -0.582. The van der Waals surface area contributed by atoms with E-state index in [0.29, 0.717) is 41.6 Å². The molecular formula is C43H48ClNO6. The van der Waals surface area contributed by atoms with Gasteiger partial charge in [-0.1, -0.05) is 123 Å². The molecule has 6 atom stereocenters. The summed E-state index contributed by atoms with van der Waals surface area (Å²) in [4.78, 5) is 14.9. The van der Waals surface area contributed by atoms with Crippen LogP contribution in [-0.2, 0) is 34.0 Å². The average Bonchev–Trinajstić information content (AvgIpc) is 3.72. The molecule has 0 aromatic heterocycles. The molecule has 7 rings (SSSR count). The molecule has 1 saturated heterocycles. The highest BCUT2D eigenvalue weighted by atomic mass is 35.5. The fraction of sp³-hybridized carbons (Fsp3) is 0.419. The zero-order valence-corrected chi connectivity index (χ0v) is 30.7. The van der Waals surface area contributed by atoms with Crippen molar-refractivity contribution < 1.29 is 28.5 Å². The molecule has 1 amide bonds. The zero-order valence-electron chi connectivity index (χ0n) is 29.9. The summed E-state index contributed by atoms with van der Waals surface area (Å²) in [5.74, 6) is 1.99. The number of benzene rings is 4. The molecule has 1 aliphatic heterocycles. The molecule has 51 heavy (non-hydrogen) atoms. The van der Waals surface area contributed by atoms with Gasteiger partial charge in [-0.25, -0.2) is 4.79 Å². The summed E-state index contributed by atoms with van der Waals surface area (Å²) in [7, 11) is 1.73. The van der Waals surface area contributed by atoms with Crippen LogP contribution >= 0.6 is 11.6 Å². The van der Waals surface area contributed by atoms with E-state index < -0.39 is 18.5 Å². The second-order valence-electron chi connectivity index (χ2n) is 15.1. The molecule has 2 saturated carbocycles. The molecule has 3 aliphatic rings. The van der Waals surface area contributed by atoms with Crippen molar-refractivity contribution in [1.29, 1.82) is 0 Å². The standard InChI is InChI=1S/C43H48ClNO6/c1-42(2)34-20-21-43(42,3)40-33(34)24-38(51-40)50-37(25-45(4)41(46)49-28-31-18-12-7-13-19-31)32-22-35(44)39(48-27-30-16-10-6-11-17-30)36(23-32)47-26-29-14-8-5-9-15-29/h5-19,22-23,33-34,37-38,40H,20-21,24-28H2,1-4H3/t33-,34-,37+,38-,40-,43+/m1/s1. The molecule has 4 aromatic carbocycles. The molecular weight excluding hydrogens is 662 g/mol. The van der Waals surface area contributed by atoms with E-state index in [9.17, 15) is 4.79 Å². The summed E-state index contributed by atoms with van der Waals surface area (Å²) in [6, 6.07) is 33.4. The topological polar surface area (TPSA) is 66.5 Å². The lowest BCUT2D eigenvalue weighted by molar-refractivity contribution is -0.189. The molecule has 0 radical (unpaired) electrons. The van der Waals surface area contributed by atoms with Crippen LogP contribution in [0.25, 0.3) is 0 Å². The van der Waals surface area contributed by atoms with E-state index in [1.165, 1.54) is 12.8 Å². The Morgan fingerprint density at radius 2 is 1.45 bits per heavy atom. The van der Waals surface area contributed by atoms with E-state index in [-0.39, 0.29) is 30.1 Å². The van der Waals surface area contributed by atoms with Crippen LogP contribution in [0.4, 0.5) is 4.79 Å². The third kappa shape index (κ3) is 7.35. The van der Waals surface area contributed by atoms with Crippen molar-refractivity contribution in [2.45, 2.75) is 78.4 Å². The molecule has 0 N–H and O–H groups in total. The second kappa shape index (κ2) is 14.9. The fourth-order valence-corrected chi connectivity index (χ4v) is 8.89. The molecule has 268 valence electrons. The van der Waals surface area contributed by atoms with Gasteiger partial charge in [-0.3, -0.25) is 0 Å². The number of hydrogen-bond acceptors (Lipinski definition) is 6. The molecule has 7 nitrogen and oxygen atoms in total. The SMILES string of the molecule is CN(C[C@H](O[C@H]1C[C@@H]2[C@H]3CC[C@@](C)([C@@H]2O1)C3(C)C)c1cc(Cl)c(OCc2ccccc2)c(OCc2ccccc2)c1)C(=O)OCc1ccccc1. The minimum absolute atomic E-state index is 0.105. The van der Waals surface area contributed by atoms with Crippen LogP contribution in [0.1, 0.15) is 68.4 Å². The lowest BCUT2D eigenvalue weighted by Gasteiger charge is -2.39. The Hall–Kier alpha value is -4.04. The van der Waals surface area contributed by atoms with Crippen LogP contribution < -0.4 is 9.47 Å². The van der Waals surface area contributed by atoms with E-state index in [1.54, 1.807) is 11.9 Å². The number of likely N-dealkylation sites (N-methyl/N-ethyl adjacent to an activating group) is 1. The number of hydrogen-bond donors (Lipinski definition) is 0. The number of halogens is 1. The van der Waals surface area contributed by atoms with Crippen molar-refractivity contribution >= 4 is 17.7 Å². The number of amides is 1. The summed E-state index contributed by atoms with van der Waals surface area (Å²) >= 11 is 7.04. The van der Waals surface area contributed by atoms with Crippen LogP contribution in [0.5, 0.6) is 11.5 Å². The number of rotatable bonds is 13. The molecule has 0 spiro atoms. The first-order chi connectivity index (χ1) is 24.6. The van der Waals surface area contributed by atoms with Gasteiger partial charge in [-0.2, -0.15) is 0 Å². The van der Waals surface area contributed by atoms with Crippen molar-refractivity contribution in [3.05, 3.63) is 130 Å². The van der Waals surface area contributed by atoms with Crippen molar-refractivity contribution in [1.82, 2.24) is 4.90 Å². The first-order valence-electron chi connectivity index (χ1n) is 18.0. The number of ether oxygens (including phenoxy) is 5. The molecule has 1 heterocycles. The van der Waals surface area contributed by atoms with Crippen LogP contribution in [0, 0.1) is 22.7 Å². The lowest BCUT2D eigenvalue weighted by Crippen LogP contribution is -2.38. The van der Waals surface area contributed by atoms with Gasteiger partial charge in [-0.15, -0.1) is 0 Å². The number of carbonyl (C=O) groups excluding carboxylic acids is 1. The minimum Gasteiger partial charge on any atom is -0.485 e. The highest BCUT2D eigenvalue weighted by Crippen LogP contribution is 2.71. The van der Waals surface area contributed by atoms with Crippen molar-refractivity contribution in [3.63, 3.8) is 0 Å². The average molecular weight is 710 g/mol. The third-order valence-corrected chi connectivity index (χ3v) is 12.1. The van der Waals surface area contributed by atoms with Gasteiger partial charge in [0.1, 0.15) is 25.9 Å². The quantitative estimate of drug-likeness (QED) is 0.138. The Morgan fingerprint density at radius 1 is 0.863 bits per heavy atom. The second-order valence-corrected chi connectivity index (χ2v) is 15.5. The first kappa shape index (κ1) is 35.4. The summed E-state index contributed by atoms with van der Waals surface area (Å²) < 4.78 is 32.1. The number of carbonyl (C=O) groups is 1. The van der Waals surface area contributed by atoms with Crippen LogP contribution in [0.3, 0.4) is 0 Å². The maximum atomic E-state index is 13.3. The van der Waals surface area contributed by atoms with E-state index in [1.807, 2.05) is 103 Å². The van der Waals surface area contributed by atoms with Gasteiger partial charge in [0.2, 0.25) is 0 Å². The van der Waals surface area contributed by atoms with Crippen molar-refractivity contribution in [2.24, 2.45) is 22.7 Å². The smallest absolute Gasteiger partial charge is 0.409 e. The van der Waals surface area contributed by atoms with E-state index in [2.05, 4.69) is 20.8 Å². The van der Waals surface area contributed by atoms with Crippen LogP contribution in [0.15, 0.2) is 103 Å². The summed E-state index contributed by atoms with van der Waals surface area (Å²) in [5, 5.41) is 0.394. The Morgan fingerprint density at radius 3 is 2.06 bits per heavy atom. The lowest BCUT2D eigenvalue weighted by atomic mass is 9.70. The van der Waals surface area contributed by atoms with Gasteiger partial charge < -0.3 is 28.6 Å². The molecule has 3 fully saturated rings. The van der Waals surface area contributed by atoms with Crippen molar-refractivity contribution in [3.8, 4) is 11.5 Å². The fourth-order valence-electron chi connectivity index (χ4n) is 8.62. The Balaban J connectivity index is 1.16. The number of fused-ring (bicyclic) bond motifs is 5. The predicted molar refractivity (Wildman–Crippen MR) is 197 cm³/mol. The Bertz CT molecular complexity index is 1790. The molecule has 4 aromatic rings. The summed E-state index contributed by atoms with van der Waals surface area (Å²) in [5.41, 5.74) is 4.03. The van der Waals surface area contributed by atoms with Gasteiger partial charge in [0.15, 0.2) is 17.8 Å². The van der Waals surface area contributed by atoms with E-state index in [4.69, 9.17) is 35.3 Å². The zero-order chi connectivity index (χ0) is 35.6. The van der Waals surface area contributed by atoms with Crippen molar-refractivity contribution in [2.75, 3.05) is 13.6 Å². The van der Waals surface area contributed by atoms with Gasteiger partial charge in [-0.05, 0) is 69.9 Å². The third-order valence-electron chi connectivity index (χ3n) is 11.8. The van der Waals surface area contributed by atoms with Gasteiger partial charge in [0.25, 0.3) is 0 Å². The molecule has 2 aliphatic carbocycles. The largest absolute Gasteiger partial charge is 0.485 e. The predicted octanol–water partition coefficient (Wildman–Crippen LogP) is 10.0. The summed E-state index contributed by atoms with van der Waals surface area (Å²) in [6.45, 7) is 8.24. The Kier molecular flexibility index (Phi) is 10.3. The van der Waals surface area contributed by atoms with Crippen LogP contribution in [0.2, 0.25) is 5.02 Å². The molecule has 0 unspecified atom stereocenters. The Labute approximate surface area is 306 Å². The monoisotopic (exact) mass is 709 g/mol. The van der Waals surface area contributed by atoms with Gasteiger partial charge in [0.05, 0.1) is 17.7 Å². The highest BCUT2D eigenvalue weighted by Gasteiger charge is 2.69. The van der Waals surface area contributed by atoms with Gasteiger partial charge in [0, 0.05) is 13.5 Å². The molecule has 2 bridgehead atoms. The number of nitrogens with zero attached hydrogens (tertiary/aromatic N) is 1. The maximum Gasteiger partial charge on any atom is 0.409 e. The van der Waals surface area contributed by atoms with Gasteiger partial charge >= 0.3 is 6.09 Å². The van der Waals surface area contributed by atoms with E-state index in [0.717, 1.165) is 28.7 Å². The normalized spacial score (nSPS) is 24.9. The maximum absolute atomic E-state index is 13.3. The van der Waals surface area contributed by atoms with Crippen LogP contribution in [-0.4, -0.2) is 37.0 Å². The van der Waals surface area contributed by atoms with E-state index >= 15 is 0 Å². The molecule has 8 heteroatoms. The highest BCUT2D eigenvalue weighted by molar-refractivity contribution is 6.32. The summed E-state index contributed by atoms with van der Waals surface area (Å²) in [6.07, 6.45) is 1.90. The first-order valence-corrected chi connectivity index (χ1v) is 18.4.